The van der Waals surface area contributed by atoms with Gasteiger partial charge in [-0.15, -0.1) is 0 Å². The zero-order valence-electron chi connectivity index (χ0n) is 15.8. The summed E-state index contributed by atoms with van der Waals surface area (Å²) in [6, 6.07) is 12.0. The molecule has 1 fully saturated rings. The predicted octanol–water partition coefficient (Wildman–Crippen LogP) is 2.38. The first-order valence-corrected chi connectivity index (χ1v) is 9.52. The number of carbonyl (C=O) groups excluding carboxylic acids is 3. The highest BCUT2D eigenvalue weighted by atomic mass is 16.2. The van der Waals surface area contributed by atoms with E-state index in [0.29, 0.717) is 35.6 Å². The monoisotopic (exact) mass is 389 g/mol. The molecule has 8 heteroatoms. The predicted molar refractivity (Wildman–Crippen MR) is 108 cm³/mol. The molecule has 3 heterocycles. The Morgan fingerprint density at radius 1 is 1.21 bits per heavy atom. The van der Waals surface area contributed by atoms with Gasteiger partial charge in [0, 0.05) is 24.7 Å². The van der Waals surface area contributed by atoms with Crippen molar-refractivity contribution in [1.82, 2.24) is 14.7 Å². The minimum absolute atomic E-state index is 0.161. The van der Waals surface area contributed by atoms with Crippen molar-refractivity contribution in [2.24, 2.45) is 7.05 Å². The van der Waals surface area contributed by atoms with Crippen molar-refractivity contribution in [1.29, 1.82) is 0 Å². The van der Waals surface area contributed by atoms with E-state index in [9.17, 15) is 14.4 Å². The molecule has 146 valence electrons. The van der Waals surface area contributed by atoms with Crippen molar-refractivity contribution < 1.29 is 14.4 Å². The van der Waals surface area contributed by atoms with Crippen molar-refractivity contribution in [2.45, 2.75) is 18.9 Å². The summed E-state index contributed by atoms with van der Waals surface area (Å²) in [5.74, 6) is -0.711. The van der Waals surface area contributed by atoms with E-state index in [1.54, 1.807) is 34.8 Å². The Hall–Kier alpha value is -3.68. The van der Waals surface area contributed by atoms with Crippen LogP contribution in [0.4, 0.5) is 11.4 Å². The van der Waals surface area contributed by atoms with E-state index >= 15 is 0 Å². The molecule has 2 aliphatic rings. The van der Waals surface area contributed by atoms with Gasteiger partial charge in [0.15, 0.2) is 5.69 Å². The molecule has 1 saturated heterocycles. The van der Waals surface area contributed by atoms with Gasteiger partial charge in [0.25, 0.3) is 11.8 Å². The first kappa shape index (κ1) is 17.4. The summed E-state index contributed by atoms with van der Waals surface area (Å²) in [5.41, 5.74) is 2.50. The molecule has 29 heavy (non-hydrogen) atoms. The second-order valence-electron chi connectivity index (χ2n) is 7.35. The van der Waals surface area contributed by atoms with Crippen molar-refractivity contribution >= 4 is 40.0 Å². The topological polar surface area (TPSA) is 96.3 Å². The lowest BCUT2D eigenvalue weighted by molar-refractivity contribution is -0.119. The number of hydrogen-bond donors (Lipinski definition) is 2. The number of para-hydroxylation sites is 1. The molecule has 0 saturated carbocycles. The van der Waals surface area contributed by atoms with Crippen LogP contribution in [-0.4, -0.2) is 45.0 Å². The number of amides is 3. The second-order valence-corrected chi connectivity index (χ2v) is 7.35. The van der Waals surface area contributed by atoms with Crippen LogP contribution in [0.2, 0.25) is 0 Å². The van der Waals surface area contributed by atoms with E-state index in [2.05, 4.69) is 15.7 Å². The molecule has 1 atom stereocenters. The molecule has 0 radical (unpaired) electrons. The van der Waals surface area contributed by atoms with Crippen molar-refractivity contribution in [3.63, 3.8) is 0 Å². The van der Waals surface area contributed by atoms with E-state index < -0.39 is 6.04 Å². The Morgan fingerprint density at radius 3 is 2.90 bits per heavy atom. The Bertz CT molecular complexity index is 1180. The SMILES string of the molecule is Cn1nc(C(=O)Nc2ccc3c(c2)C(=O)N2CCC[C@H]2C(=O)N3)c2ccccc21. The van der Waals surface area contributed by atoms with E-state index in [0.717, 1.165) is 17.3 Å². The first-order valence-electron chi connectivity index (χ1n) is 9.52. The van der Waals surface area contributed by atoms with E-state index in [-0.39, 0.29) is 17.7 Å². The number of aromatic nitrogens is 2. The van der Waals surface area contributed by atoms with Crippen LogP contribution in [0.25, 0.3) is 10.9 Å². The lowest BCUT2D eigenvalue weighted by Gasteiger charge is -2.20. The van der Waals surface area contributed by atoms with Crippen LogP contribution in [0.1, 0.15) is 33.7 Å². The second kappa shape index (κ2) is 6.44. The molecule has 3 amide bonds. The summed E-state index contributed by atoms with van der Waals surface area (Å²) in [7, 11) is 1.79. The van der Waals surface area contributed by atoms with Gasteiger partial charge in [0.05, 0.1) is 16.8 Å². The largest absolute Gasteiger partial charge is 0.327 e. The van der Waals surface area contributed by atoms with Gasteiger partial charge in [0.2, 0.25) is 5.91 Å². The third kappa shape index (κ3) is 2.75. The zero-order valence-corrected chi connectivity index (χ0v) is 15.8. The number of rotatable bonds is 2. The fourth-order valence-corrected chi connectivity index (χ4v) is 4.13. The van der Waals surface area contributed by atoms with Crippen molar-refractivity contribution in [2.75, 3.05) is 17.2 Å². The highest BCUT2D eigenvalue weighted by molar-refractivity contribution is 6.13. The number of fused-ring (bicyclic) bond motifs is 3. The molecule has 1 aromatic heterocycles. The molecule has 2 N–H and O–H groups in total. The summed E-state index contributed by atoms with van der Waals surface area (Å²) >= 11 is 0. The molecular formula is C21H19N5O3. The van der Waals surface area contributed by atoms with Crippen LogP contribution in [-0.2, 0) is 11.8 Å². The maximum atomic E-state index is 13.0. The van der Waals surface area contributed by atoms with Gasteiger partial charge in [-0.1, -0.05) is 18.2 Å². The maximum absolute atomic E-state index is 13.0. The standard InChI is InChI=1S/C21H19N5O3/c1-25-16-6-3-2-5-13(16)18(24-25)20(28)22-12-8-9-15-14(11-12)21(29)26-10-4-7-17(26)19(27)23-15/h2-3,5-6,8-9,11,17H,4,7,10H2,1H3,(H,22,28)(H,23,27)/t17-/m0/s1. The molecule has 8 nitrogen and oxygen atoms in total. The van der Waals surface area contributed by atoms with Crippen LogP contribution in [0.5, 0.6) is 0 Å². The van der Waals surface area contributed by atoms with Gasteiger partial charge in [-0.3, -0.25) is 19.1 Å². The summed E-state index contributed by atoms with van der Waals surface area (Å²) in [4.78, 5) is 39.8. The average molecular weight is 389 g/mol. The normalized spacial score (nSPS) is 18.2. The van der Waals surface area contributed by atoms with Gasteiger partial charge in [-0.2, -0.15) is 5.10 Å². The van der Waals surface area contributed by atoms with E-state index in [1.165, 1.54) is 0 Å². The Morgan fingerprint density at radius 2 is 2.03 bits per heavy atom. The summed E-state index contributed by atoms with van der Waals surface area (Å²) < 4.78 is 1.66. The molecule has 5 rings (SSSR count). The Balaban J connectivity index is 1.47. The number of benzene rings is 2. The third-order valence-electron chi connectivity index (χ3n) is 5.55. The average Bonchev–Trinajstić information content (AvgIpc) is 3.32. The highest BCUT2D eigenvalue weighted by Gasteiger charge is 2.38. The fourth-order valence-electron chi connectivity index (χ4n) is 4.13. The number of carbonyl (C=O) groups is 3. The van der Waals surface area contributed by atoms with Crippen LogP contribution >= 0.6 is 0 Å². The van der Waals surface area contributed by atoms with Crippen molar-refractivity contribution in [3.05, 3.63) is 53.7 Å². The van der Waals surface area contributed by atoms with Crippen molar-refractivity contribution in [3.8, 4) is 0 Å². The molecule has 2 aliphatic heterocycles. The Kier molecular flexibility index (Phi) is 3.87. The van der Waals surface area contributed by atoms with Crippen LogP contribution < -0.4 is 10.6 Å². The summed E-state index contributed by atoms with van der Waals surface area (Å²) in [5, 5.41) is 10.7. The van der Waals surface area contributed by atoms with Crippen LogP contribution in [0, 0.1) is 0 Å². The molecular weight excluding hydrogens is 370 g/mol. The van der Waals surface area contributed by atoms with Gasteiger partial charge in [-0.05, 0) is 37.1 Å². The molecule has 2 aromatic carbocycles. The number of anilines is 2. The fraction of sp³-hybridized carbons (Fsp3) is 0.238. The number of nitrogens with one attached hydrogen (secondary N) is 2. The van der Waals surface area contributed by atoms with Crippen LogP contribution in [0.3, 0.4) is 0 Å². The number of hydrogen-bond acceptors (Lipinski definition) is 4. The van der Waals surface area contributed by atoms with Gasteiger partial charge >= 0.3 is 0 Å². The van der Waals surface area contributed by atoms with Gasteiger partial charge < -0.3 is 15.5 Å². The zero-order chi connectivity index (χ0) is 20.1. The lowest BCUT2D eigenvalue weighted by atomic mass is 10.1. The van der Waals surface area contributed by atoms with Gasteiger partial charge in [0.1, 0.15) is 6.04 Å². The Labute approximate surface area is 166 Å². The lowest BCUT2D eigenvalue weighted by Crippen LogP contribution is -2.40. The highest BCUT2D eigenvalue weighted by Crippen LogP contribution is 2.30. The summed E-state index contributed by atoms with van der Waals surface area (Å²) in [6.45, 7) is 0.562. The maximum Gasteiger partial charge on any atom is 0.276 e. The quantitative estimate of drug-likeness (QED) is 0.703. The molecule has 0 spiro atoms. The van der Waals surface area contributed by atoms with Crippen LogP contribution in [0.15, 0.2) is 42.5 Å². The summed E-state index contributed by atoms with van der Waals surface area (Å²) in [6.07, 6.45) is 1.48. The number of aryl methyl sites for hydroxylation is 1. The minimum Gasteiger partial charge on any atom is -0.327 e. The molecule has 0 aliphatic carbocycles. The van der Waals surface area contributed by atoms with E-state index in [1.807, 2.05) is 24.3 Å². The molecule has 0 bridgehead atoms. The molecule has 0 unspecified atom stereocenters. The molecule has 3 aromatic rings. The number of nitrogens with zero attached hydrogens (tertiary/aromatic N) is 3. The van der Waals surface area contributed by atoms with Gasteiger partial charge in [-0.25, -0.2) is 0 Å². The third-order valence-corrected chi connectivity index (χ3v) is 5.55. The smallest absolute Gasteiger partial charge is 0.276 e. The minimum atomic E-state index is -0.423. The first-order chi connectivity index (χ1) is 14.0. The van der Waals surface area contributed by atoms with E-state index in [4.69, 9.17) is 0 Å².